The molecule has 0 aliphatic heterocycles. The smallest absolute Gasteiger partial charge is 0.172 e. The Hall–Kier alpha value is -1.65. The number of amidine groups is 1. The zero-order valence-corrected chi connectivity index (χ0v) is 6.94. The van der Waals surface area contributed by atoms with Gasteiger partial charge in [0.25, 0.3) is 0 Å². The highest BCUT2D eigenvalue weighted by molar-refractivity contribution is 5.97. The molecule has 1 aromatic rings. The van der Waals surface area contributed by atoms with Crippen molar-refractivity contribution in [2.45, 2.75) is 13.8 Å². The Kier molecular flexibility index (Phi) is 2.23. The number of rotatable bonds is 1. The van der Waals surface area contributed by atoms with E-state index < -0.39 is 0 Å². The first-order chi connectivity index (χ1) is 5.65. The summed E-state index contributed by atoms with van der Waals surface area (Å²) in [5.41, 5.74) is 7.40. The van der Waals surface area contributed by atoms with E-state index in [4.69, 9.17) is 10.9 Å². The molecule has 5 nitrogen and oxygen atoms in total. The molecule has 0 saturated carbocycles. The van der Waals surface area contributed by atoms with E-state index in [0.717, 1.165) is 5.69 Å². The lowest BCUT2D eigenvalue weighted by molar-refractivity contribution is 0.318. The van der Waals surface area contributed by atoms with Crippen LogP contribution in [0.25, 0.3) is 0 Å². The Morgan fingerprint density at radius 1 is 1.50 bits per heavy atom. The second-order valence-corrected chi connectivity index (χ2v) is 2.47. The predicted octanol–water partition coefficient (Wildman–Crippen LogP) is 0.188. The van der Waals surface area contributed by atoms with E-state index in [9.17, 15) is 0 Å². The van der Waals surface area contributed by atoms with Crippen LogP contribution >= 0.6 is 0 Å². The van der Waals surface area contributed by atoms with Gasteiger partial charge in [-0.25, -0.2) is 0 Å². The quantitative estimate of drug-likeness (QED) is 0.270. The van der Waals surface area contributed by atoms with Crippen LogP contribution in [0.3, 0.4) is 0 Å². The Labute approximate surface area is 69.9 Å². The number of nitrogens with two attached hydrogens (primary N) is 1. The summed E-state index contributed by atoms with van der Waals surface area (Å²) in [6.07, 6.45) is 0. The van der Waals surface area contributed by atoms with Gasteiger partial charge < -0.3 is 10.9 Å². The molecule has 5 heteroatoms. The molecule has 0 fully saturated rings. The third-order valence-corrected chi connectivity index (χ3v) is 1.48. The van der Waals surface area contributed by atoms with Crippen LogP contribution in [-0.2, 0) is 0 Å². The normalized spacial score (nSPS) is 11.7. The number of hydrogen-bond donors (Lipinski definition) is 2. The van der Waals surface area contributed by atoms with E-state index in [1.54, 1.807) is 19.9 Å². The average Bonchev–Trinajstić information content (AvgIpc) is 2.08. The lowest BCUT2D eigenvalue weighted by atomic mass is 10.2. The maximum atomic E-state index is 8.42. The summed E-state index contributed by atoms with van der Waals surface area (Å²) in [5.74, 6) is 0.0606. The van der Waals surface area contributed by atoms with Crippen molar-refractivity contribution in [1.82, 2.24) is 10.2 Å². The predicted molar refractivity (Wildman–Crippen MR) is 44.0 cm³/mol. The highest BCUT2D eigenvalue weighted by Gasteiger charge is 2.04. The lowest BCUT2D eigenvalue weighted by Gasteiger charge is -2.01. The van der Waals surface area contributed by atoms with Crippen LogP contribution in [0.1, 0.15) is 17.0 Å². The van der Waals surface area contributed by atoms with Gasteiger partial charge in [0.05, 0.1) is 11.4 Å². The van der Waals surface area contributed by atoms with Gasteiger partial charge in [0.1, 0.15) is 0 Å². The number of aromatic nitrogens is 2. The van der Waals surface area contributed by atoms with E-state index in [1.165, 1.54) is 0 Å². The van der Waals surface area contributed by atoms with Crippen molar-refractivity contribution in [3.63, 3.8) is 0 Å². The minimum Gasteiger partial charge on any atom is -0.409 e. The number of nitrogens with zero attached hydrogens (tertiary/aromatic N) is 3. The van der Waals surface area contributed by atoms with Crippen LogP contribution in [0.15, 0.2) is 11.2 Å². The Morgan fingerprint density at radius 3 is 2.75 bits per heavy atom. The molecular formula is C7H10N4O. The maximum absolute atomic E-state index is 8.42. The van der Waals surface area contributed by atoms with Crippen LogP contribution in [0.4, 0.5) is 0 Å². The fourth-order valence-corrected chi connectivity index (χ4v) is 0.863. The van der Waals surface area contributed by atoms with Gasteiger partial charge in [0.2, 0.25) is 0 Å². The molecular weight excluding hydrogens is 156 g/mol. The highest BCUT2D eigenvalue weighted by Crippen LogP contribution is 2.03. The van der Waals surface area contributed by atoms with Gasteiger partial charge in [-0.05, 0) is 19.9 Å². The number of aryl methyl sites for hydroxylation is 2. The third-order valence-electron chi connectivity index (χ3n) is 1.48. The highest BCUT2D eigenvalue weighted by atomic mass is 16.4. The second kappa shape index (κ2) is 3.17. The van der Waals surface area contributed by atoms with E-state index in [1.807, 2.05) is 0 Å². The Bertz CT molecular complexity index is 321. The molecule has 3 N–H and O–H groups in total. The average molecular weight is 166 g/mol. The largest absolute Gasteiger partial charge is 0.409 e. The first kappa shape index (κ1) is 8.45. The second-order valence-electron chi connectivity index (χ2n) is 2.47. The van der Waals surface area contributed by atoms with Gasteiger partial charge in [0, 0.05) is 5.56 Å². The van der Waals surface area contributed by atoms with Gasteiger partial charge in [-0.3, -0.25) is 0 Å². The molecule has 0 radical (unpaired) electrons. The van der Waals surface area contributed by atoms with Crippen LogP contribution in [-0.4, -0.2) is 21.2 Å². The minimum absolute atomic E-state index is 0.0606. The molecule has 12 heavy (non-hydrogen) atoms. The summed E-state index contributed by atoms with van der Waals surface area (Å²) in [4.78, 5) is 0. The summed E-state index contributed by atoms with van der Waals surface area (Å²) in [6, 6.07) is 1.72. The first-order valence-corrected chi connectivity index (χ1v) is 3.44. The summed E-state index contributed by atoms with van der Waals surface area (Å²) in [7, 11) is 0. The van der Waals surface area contributed by atoms with Gasteiger partial charge in [-0.1, -0.05) is 5.16 Å². The molecule has 0 saturated heterocycles. The molecule has 0 bridgehead atoms. The molecule has 1 heterocycles. The minimum atomic E-state index is 0.0606. The Balaban J connectivity index is 3.23. The summed E-state index contributed by atoms with van der Waals surface area (Å²) < 4.78 is 0. The van der Waals surface area contributed by atoms with E-state index >= 15 is 0 Å². The summed E-state index contributed by atoms with van der Waals surface area (Å²) in [5, 5.41) is 18.9. The van der Waals surface area contributed by atoms with Crippen LogP contribution < -0.4 is 5.73 Å². The van der Waals surface area contributed by atoms with E-state index in [0.29, 0.717) is 11.3 Å². The summed E-state index contributed by atoms with van der Waals surface area (Å²) >= 11 is 0. The molecule has 0 aromatic carbocycles. The van der Waals surface area contributed by atoms with Crippen molar-refractivity contribution in [3.8, 4) is 0 Å². The fourth-order valence-electron chi connectivity index (χ4n) is 0.863. The maximum Gasteiger partial charge on any atom is 0.172 e. The number of hydrogen-bond acceptors (Lipinski definition) is 4. The van der Waals surface area contributed by atoms with Crippen molar-refractivity contribution < 1.29 is 5.21 Å². The van der Waals surface area contributed by atoms with Crippen molar-refractivity contribution in [3.05, 3.63) is 23.0 Å². The molecule has 0 amide bonds. The third kappa shape index (κ3) is 1.50. The van der Waals surface area contributed by atoms with Crippen LogP contribution in [0, 0.1) is 13.8 Å². The van der Waals surface area contributed by atoms with Gasteiger partial charge in [-0.15, -0.1) is 0 Å². The van der Waals surface area contributed by atoms with Crippen LogP contribution in [0.2, 0.25) is 0 Å². The monoisotopic (exact) mass is 166 g/mol. The fraction of sp³-hybridized carbons (Fsp3) is 0.286. The van der Waals surface area contributed by atoms with Crippen molar-refractivity contribution in [2.75, 3.05) is 0 Å². The first-order valence-electron chi connectivity index (χ1n) is 3.44. The van der Waals surface area contributed by atoms with Gasteiger partial charge >= 0.3 is 0 Å². The zero-order chi connectivity index (χ0) is 9.14. The molecule has 1 rings (SSSR count). The molecule has 64 valence electrons. The van der Waals surface area contributed by atoms with Crippen LogP contribution in [0.5, 0.6) is 0 Å². The topological polar surface area (TPSA) is 84.4 Å². The van der Waals surface area contributed by atoms with Crippen molar-refractivity contribution in [2.24, 2.45) is 10.9 Å². The van der Waals surface area contributed by atoms with Gasteiger partial charge in [0.15, 0.2) is 5.84 Å². The molecule has 0 unspecified atom stereocenters. The Morgan fingerprint density at radius 2 is 2.17 bits per heavy atom. The standard InChI is InChI=1S/C7H10N4O/c1-4-3-6(7(8)11-12)5(2)10-9-4/h3,12H,1-2H3,(H2,8,11). The lowest BCUT2D eigenvalue weighted by Crippen LogP contribution is -2.16. The summed E-state index contributed by atoms with van der Waals surface area (Å²) in [6.45, 7) is 3.54. The molecule has 0 aliphatic carbocycles. The number of oxime groups is 1. The van der Waals surface area contributed by atoms with Crippen molar-refractivity contribution in [1.29, 1.82) is 0 Å². The van der Waals surface area contributed by atoms with E-state index in [2.05, 4.69) is 15.4 Å². The zero-order valence-electron chi connectivity index (χ0n) is 6.94. The molecule has 1 aromatic heterocycles. The van der Waals surface area contributed by atoms with Gasteiger partial charge in [-0.2, -0.15) is 10.2 Å². The van der Waals surface area contributed by atoms with E-state index in [-0.39, 0.29) is 5.84 Å². The SMILES string of the molecule is Cc1cc(/C(N)=N/O)c(C)nn1. The molecule has 0 spiro atoms. The van der Waals surface area contributed by atoms with Crippen molar-refractivity contribution >= 4 is 5.84 Å². The molecule has 0 atom stereocenters. The molecule has 0 aliphatic rings.